The number of thiophene rings is 1. The molecule has 0 saturated heterocycles. The number of rotatable bonds is 4. The second-order valence-electron chi connectivity index (χ2n) is 6.78. The van der Waals surface area contributed by atoms with Crippen molar-refractivity contribution >= 4 is 23.3 Å². The van der Waals surface area contributed by atoms with Gasteiger partial charge in [0.1, 0.15) is 11.0 Å². The summed E-state index contributed by atoms with van der Waals surface area (Å²) < 4.78 is 12.2. The van der Waals surface area contributed by atoms with Gasteiger partial charge in [-0.1, -0.05) is 11.6 Å². The van der Waals surface area contributed by atoms with Crippen LogP contribution in [0.15, 0.2) is 12.3 Å². The second-order valence-corrected chi connectivity index (χ2v) is 7.92. The molecule has 2 atom stereocenters. The zero-order chi connectivity index (χ0) is 18.1. The Labute approximate surface area is 155 Å². The van der Waals surface area contributed by atoms with Gasteiger partial charge in [0.2, 0.25) is 0 Å². The molecular weight excluding hydrogens is 354 g/mol. The minimum absolute atomic E-state index is 0.106. The Kier molecular flexibility index (Phi) is 4.76. The Morgan fingerprint density at radius 1 is 1.19 bits per heavy atom. The largest absolute Gasteiger partial charge is 0.464 e. The van der Waals surface area contributed by atoms with E-state index in [2.05, 4.69) is 15.0 Å². The van der Waals surface area contributed by atoms with Crippen LogP contribution < -0.4 is 0 Å². The van der Waals surface area contributed by atoms with Gasteiger partial charge in [0.15, 0.2) is 5.69 Å². The number of methoxy groups -OCH3 is 1. The maximum Gasteiger partial charge on any atom is 0.360 e. The minimum atomic E-state index is -0.520. The van der Waals surface area contributed by atoms with Crippen molar-refractivity contribution in [3.63, 3.8) is 0 Å². The molecular formula is C18H21N3O4S. The van der Waals surface area contributed by atoms with Crippen LogP contribution >= 0.6 is 11.3 Å². The van der Waals surface area contributed by atoms with Gasteiger partial charge in [-0.25, -0.2) is 14.3 Å². The van der Waals surface area contributed by atoms with Crippen molar-refractivity contribution in [2.75, 3.05) is 7.11 Å². The third-order valence-corrected chi connectivity index (χ3v) is 6.34. The summed E-state index contributed by atoms with van der Waals surface area (Å²) in [4.78, 5) is 26.2. The lowest BCUT2D eigenvalue weighted by atomic mass is 9.92. The van der Waals surface area contributed by atoms with E-state index in [1.54, 1.807) is 22.2 Å². The first-order valence-corrected chi connectivity index (χ1v) is 9.80. The lowest BCUT2D eigenvalue weighted by Gasteiger charge is -2.30. The molecule has 0 amide bonds. The molecule has 0 spiro atoms. The van der Waals surface area contributed by atoms with Crippen molar-refractivity contribution in [1.82, 2.24) is 15.0 Å². The first-order valence-electron chi connectivity index (χ1n) is 8.98. The first kappa shape index (κ1) is 17.2. The van der Waals surface area contributed by atoms with E-state index in [0.717, 1.165) is 38.5 Å². The molecule has 4 rings (SSSR count). The molecule has 7 nitrogen and oxygen atoms in total. The summed E-state index contributed by atoms with van der Waals surface area (Å²) in [5.74, 6) is -0.775. The monoisotopic (exact) mass is 375 g/mol. The molecule has 0 aromatic carbocycles. The van der Waals surface area contributed by atoms with Crippen molar-refractivity contribution in [3.8, 4) is 0 Å². The highest BCUT2D eigenvalue weighted by molar-refractivity contribution is 7.14. The summed E-state index contributed by atoms with van der Waals surface area (Å²) in [6, 6.07) is 1.88. The van der Waals surface area contributed by atoms with Crippen LogP contribution in [-0.2, 0) is 22.3 Å². The third-order valence-electron chi connectivity index (χ3n) is 5.12. The number of carbonyl (C=O) groups is 2. The van der Waals surface area contributed by atoms with Gasteiger partial charge < -0.3 is 9.47 Å². The molecule has 8 heteroatoms. The molecule has 2 aliphatic rings. The van der Waals surface area contributed by atoms with Gasteiger partial charge in [-0.3, -0.25) is 0 Å². The topological polar surface area (TPSA) is 83.3 Å². The molecule has 2 aromatic heterocycles. The minimum Gasteiger partial charge on any atom is -0.464 e. The van der Waals surface area contributed by atoms with Gasteiger partial charge in [-0.15, -0.1) is 16.4 Å². The van der Waals surface area contributed by atoms with Crippen LogP contribution in [0.2, 0.25) is 0 Å². The van der Waals surface area contributed by atoms with E-state index >= 15 is 0 Å². The number of aryl methyl sites for hydroxylation is 2. The van der Waals surface area contributed by atoms with Crippen LogP contribution in [0, 0.1) is 0 Å². The first-order chi connectivity index (χ1) is 12.7. The maximum absolute atomic E-state index is 12.6. The summed E-state index contributed by atoms with van der Waals surface area (Å²) in [6.07, 6.45) is 8.26. The quantitative estimate of drug-likeness (QED) is 0.764. The van der Waals surface area contributed by atoms with E-state index in [0.29, 0.717) is 4.88 Å². The zero-order valence-electron chi connectivity index (χ0n) is 14.6. The maximum atomic E-state index is 12.6. The van der Waals surface area contributed by atoms with E-state index in [1.165, 1.54) is 24.0 Å². The average molecular weight is 375 g/mol. The summed E-state index contributed by atoms with van der Waals surface area (Å²) in [5, 5.41) is 7.92. The Hall–Kier alpha value is -2.22. The van der Waals surface area contributed by atoms with Gasteiger partial charge in [-0.05, 0) is 50.2 Å². The summed E-state index contributed by atoms with van der Waals surface area (Å²) in [5.41, 5.74) is 1.46. The smallest absolute Gasteiger partial charge is 0.360 e. The molecule has 1 fully saturated rings. The summed E-state index contributed by atoms with van der Waals surface area (Å²) >= 11 is 1.56. The fourth-order valence-electron chi connectivity index (χ4n) is 3.78. The number of fused-ring (bicyclic) bond motifs is 1. The van der Waals surface area contributed by atoms with E-state index in [9.17, 15) is 9.59 Å². The van der Waals surface area contributed by atoms with Crippen LogP contribution in [0.5, 0.6) is 0 Å². The predicted octanol–water partition coefficient (Wildman–Crippen LogP) is 2.96. The molecule has 0 aliphatic heterocycles. The standard InChI is InChI=1S/C18H21N3O4S/c1-24-17(22)12-10-21(20-19-12)13-6-2-3-7-14(13)25-18(23)16-9-11-5-4-8-15(11)26-16/h9-10,13-14H,2-8H2,1H3/t13-,14-/m1/s1. The fraction of sp³-hybridized carbons (Fsp3) is 0.556. The Morgan fingerprint density at radius 3 is 2.85 bits per heavy atom. The number of hydrogen-bond acceptors (Lipinski definition) is 7. The highest BCUT2D eigenvalue weighted by Gasteiger charge is 2.32. The van der Waals surface area contributed by atoms with Crippen LogP contribution in [0.25, 0.3) is 0 Å². The van der Waals surface area contributed by atoms with Crippen molar-refractivity contribution < 1.29 is 19.1 Å². The van der Waals surface area contributed by atoms with Crippen LogP contribution in [0.1, 0.15) is 68.7 Å². The van der Waals surface area contributed by atoms with Gasteiger partial charge in [0, 0.05) is 4.88 Å². The van der Waals surface area contributed by atoms with Crippen molar-refractivity contribution in [2.24, 2.45) is 0 Å². The number of hydrogen-bond donors (Lipinski definition) is 0. The van der Waals surface area contributed by atoms with Gasteiger partial charge in [0.25, 0.3) is 0 Å². The van der Waals surface area contributed by atoms with Gasteiger partial charge in [-0.2, -0.15) is 0 Å². The van der Waals surface area contributed by atoms with E-state index < -0.39 is 5.97 Å². The number of esters is 2. The molecule has 2 aromatic rings. The Morgan fingerprint density at radius 2 is 2.04 bits per heavy atom. The zero-order valence-corrected chi connectivity index (χ0v) is 15.5. The van der Waals surface area contributed by atoms with E-state index in [-0.39, 0.29) is 23.8 Å². The third kappa shape index (κ3) is 3.25. The molecule has 0 radical (unpaired) electrons. The highest BCUT2D eigenvalue weighted by Crippen LogP contribution is 2.34. The van der Waals surface area contributed by atoms with Gasteiger partial charge >= 0.3 is 11.9 Å². The van der Waals surface area contributed by atoms with Crippen molar-refractivity contribution in [3.05, 3.63) is 33.3 Å². The number of ether oxygens (including phenoxy) is 2. The molecule has 1 saturated carbocycles. The highest BCUT2D eigenvalue weighted by atomic mass is 32.1. The molecule has 0 bridgehead atoms. The number of nitrogens with zero attached hydrogens (tertiary/aromatic N) is 3. The molecule has 26 heavy (non-hydrogen) atoms. The molecule has 2 aliphatic carbocycles. The Balaban J connectivity index is 1.49. The fourth-order valence-corrected chi connectivity index (χ4v) is 4.92. The predicted molar refractivity (Wildman–Crippen MR) is 94.4 cm³/mol. The normalized spacial score (nSPS) is 22.0. The second kappa shape index (κ2) is 7.19. The molecule has 0 N–H and O–H groups in total. The number of aromatic nitrogens is 3. The number of carbonyl (C=O) groups excluding carboxylic acids is 2. The van der Waals surface area contributed by atoms with E-state index in [4.69, 9.17) is 4.74 Å². The molecule has 0 unspecified atom stereocenters. The Bertz CT molecular complexity index is 807. The van der Waals surface area contributed by atoms with Crippen LogP contribution in [0.3, 0.4) is 0 Å². The lowest BCUT2D eigenvalue weighted by Crippen LogP contribution is -2.32. The summed E-state index contributed by atoms with van der Waals surface area (Å²) in [7, 11) is 1.31. The SMILES string of the molecule is COC(=O)c1cn([C@@H]2CCCC[C@H]2OC(=O)c2cc3c(s2)CCC3)nn1. The molecule has 138 valence electrons. The van der Waals surface area contributed by atoms with Crippen molar-refractivity contribution in [1.29, 1.82) is 0 Å². The summed E-state index contributed by atoms with van der Waals surface area (Å²) in [6.45, 7) is 0. The van der Waals surface area contributed by atoms with Crippen LogP contribution in [-0.4, -0.2) is 40.1 Å². The van der Waals surface area contributed by atoms with Crippen LogP contribution in [0.4, 0.5) is 0 Å². The van der Waals surface area contributed by atoms with E-state index in [1.807, 2.05) is 6.07 Å². The molecule has 2 heterocycles. The lowest BCUT2D eigenvalue weighted by molar-refractivity contribution is 0.00223. The average Bonchev–Trinajstić information content (AvgIpc) is 3.37. The van der Waals surface area contributed by atoms with Crippen molar-refractivity contribution in [2.45, 2.75) is 57.1 Å². The van der Waals surface area contributed by atoms with Gasteiger partial charge in [0.05, 0.1) is 19.3 Å².